The van der Waals surface area contributed by atoms with Crippen molar-refractivity contribution in [2.75, 3.05) is 11.9 Å². The molecule has 9 heteroatoms. The van der Waals surface area contributed by atoms with Gasteiger partial charge in [0, 0.05) is 19.2 Å². The lowest BCUT2D eigenvalue weighted by molar-refractivity contribution is -0.137. The predicted octanol–water partition coefficient (Wildman–Crippen LogP) is 0.458. The number of aliphatic hydroxyl groups is 1. The molecule has 1 aromatic carbocycles. The maximum atomic E-state index is 12.9. The number of rotatable bonds is 9. The maximum Gasteiger partial charge on any atom is 0.240 e. The molecular weight excluding hydrogens is 398 g/mol. The third kappa shape index (κ3) is 6.03. The number of aliphatic hydroxyl groups excluding tert-OH is 1. The average molecular weight is 434 g/mol. The van der Waals surface area contributed by atoms with E-state index in [0.717, 1.165) is 12.0 Å². The number of hydrogen-bond acceptors (Lipinski definition) is 6. The molecule has 9 nitrogen and oxygen atoms in total. The molecule has 172 valence electrons. The quantitative estimate of drug-likeness (QED) is 0.382. The van der Waals surface area contributed by atoms with Gasteiger partial charge in [-0.1, -0.05) is 19.1 Å². The zero-order valence-electron chi connectivity index (χ0n) is 18.8. The Balaban J connectivity index is 2.34. The number of carbonyl (C=O) groups is 3. The van der Waals surface area contributed by atoms with E-state index < -0.39 is 29.3 Å². The van der Waals surface area contributed by atoms with Crippen LogP contribution in [0.4, 0.5) is 5.69 Å². The van der Waals surface area contributed by atoms with Crippen LogP contribution < -0.4 is 22.1 Å². The van der Waals surface area contributed by atoms with E-state index in [2.05, 4.69) is 10.6 Å². The number of primary amides is 1. The third-order valence-corrected chi connectivity index (χ3v) is 6.00. The Morgan fingerprint density at radius 3 is 2.39 bits per heavy atom. The average Bonchev–Trinajstić information content (AvgIpc) is 3.18. The molecule has 0 aliphatic carbocycles. The van der Waals surface area contributed by atoms with E-state index in [1.54, 1.807) is 30.9 Å². The summed E-state index contributed by atoms with van der Waals surface area (Å²) >= 11 is 0. The molecule has 1 fully saturated rings. The summed E-state index contributed by atoms with van der Waals surface area (Å²) < 4.78 is 0. The number of likely N-dealkylation sites (tertiary alicyclic amines) is 1. The second-order valence-corrected chi connectivity index (χ2v) is 8.87. The van der Waals surface area contributed by atoms with Gasteiger partial charge in [-0.2, -0.15) is 0 Å². The minimum Gasteiger partial charge on any atom is -0.376 e. The van der Waals surface area contributed by atoms with Crippen molar-refractivity contribution >= 4 is 23.4 Å². The van der Waals surface area contributed by atoms with Crippen molar-refractivity contribution in [3.63, 3.8) is 0 Å². The molecule has 0 aromatic heterocycles. The van der Waals surface area contributed by atoms with Gasteiger partial charge < -0.3 is 27.2 Å². The number of anilines is 1. The van der Waals surface area contributed by atoms with Crippen molar-refractivity contribution in [1.82, 2.24) is 10.2 Å². The molecule has 0 saturated carbocycles. The highest BCUT2D eigenvalue weighted by Gasteiger charge is 2.45. The lowest BCUT2D eigenvalue weighted by Gasteiger charge is -2.43. The fraction of sp³-hybridized carbons (Fsp3) is 0.591. The van der Waals surface area contributed by atoms with Crippen molar-refractivity contribution in [2.45, 2.75) is 76.7 Å². The monoisotopic (exact) mass is 433 g/mol. The fourth-order valence-corrected chi connectivity index (χ4v) is 3.85. The van der Waals surface area contributed by atoms with Gasteiger partial charge in [-0.25, -0.2) is 0 Å². The van der Waals surface area contributed by atoms with Crippen LogP contribution >= 0.6 is 0 Å². The number of nitrogens with one attached hydrogen (secondary N) is 2. The van der Waals surface area contributed by atoms with Crippen molar-refractivity contribution < 1.29 is 19.5 Å². The summed E-state index contributed by atoms with van der Waals surface area (Å²) in [5.74, 6) is -1.06. The molecule has 0 radical (unpaired) electrons. The lowest BCUT2D eigenvalue weighted by atomic mass is 9.87. The van der Waals surface area contributed by atoms with Crippen LogP contribution in [0.5, 0.6) is 0 Å². The smallest absolute Gasteiger partial charge is 0.240 e. The van der Waals surface area contributed by atoms with Gasteiger partial charge in [-0.05, 0) is 57.2 Å². The minimum atomic E-state index is -1.15. The van der Waals surface area contributed by atoms with Crippen molar-refractivity contribution in [1.29, 1.82) is 0 Å². The summed E-state index contributed by atoms with van der Waals surface area (Å²) in [5.41, 5.74) is 10.9. The summed E-state index contributed by atoms with van der Waals surface area (Å²) in [6.45, 7) is 7.12. The van der Waals surface area contributed by atoms with E-state index in [0.29, 0.717) is 25.1 Å². The first-order chi connectivity index (χ1) is 14.4. The van der Waals surface area contributed by atoms with Gasteiger partial charge in [0.25, 0.3) is 0 Å². The zero-order valence-corrected chi connectivity index (χ0v) is 18.8. The molecule has 31 heavy (non-hydrogen) atoms. The Kier molecular flexibility index (Phi) is 7.80. The van der Waals surface area contributed by atoms with Gasteiger partial charge >= 0.3 is 0 Å². The molecule has 2 rings (SSSR count). The van der Waals surface area contributed by atoms with Gasteiger partial charge in [0.15, 0.2) is 0 Å². The first-order valence-electron chi connectivity index (χ1n) is 10.6. The summed E-state index contributed by atoms with van der Waals surface area (Å²) in [6.07, 6.45) is 0.834. The Morgan fingerprint density at radius 2 is 1.87 bits per heavy atom. The van der Waals surface area contributed by atoms with Gasteiger partial charge in [0.1, 0.15) is 6.23 Å². The van der Waals surface area contributed by atoms with Crippen LogP contribution in [0.25, 0.3) is 0 Å². The molecule has 1 aromatic rings. The van der Waals surface area contributed by atoms with Crippen molar-refractivity contribution in [3.05, 3.63) is 29.8 Å². The van der Waals surface area contributed by atoms with Gasteiger partial charge in [0.2, 0.25) is 17.7 Å². The predicted molar refractivity (Wildman–Crippen MR) is 119 cm³/mol. The van der Waals surface area contributed by atoms with Crippen LogP contribution in [0, 0.1) is 0 Å². The Hall–Kier alpha value is -2.49. The van der Waals surface area contributed by atoms with E-state index in [4.69, 9.17) is 11.5 Å². The van der Waals surface area contributed by atoms with E-state index in [9.17, 15) is 19.5 Å². The Bertz CT molecular complexity index is 811. The molecule has 7 N–H and O–H groups in total. The molecule has 1 aliphatic heterocycles. The topological polar surface area (TPSA) is 151 Å². The zero-order chi connectivity index (χ0) is 23.4. The second-order valence-electron chi connectivity index (χ2n) is 8.87. The Labute approximate surface area is 183 Å². The summed E-state index contributed by atoms with van der Waals surface area (Å²) in [4.78, 5) is 37.7. The highest BCUT2D eigenvalue weighted by molar-refractivity contribution is 5.88. The molecule has 3 amide bonds. The van der Waals surface area contributed by atoms with E-state index >= 15 is 0 Å². The summed E-state index contributed by atoms with van der Waals surface area (Å²) in [7, 11) is 0. The molecule has 0 bridgehead atoms. The van der Waals surface area contributed by atoms with Crippen LogP contribution in [0.1, 0.15) is 52.5 Å². The summed E-state index contributed by atoms with van der Waals surface area (Å²) in [6, 6.07) is 6.56. The van der Waals surface area contributed by atoms with Gasteiger partial charge in [-0.3, -0.25) is 19.3 Å². The third-order valence-electron chi connectivity index (χ3n) is 6.00. The van der Waals surface area contributed by atoms with Crippen LogP contribution in [-0.4, -0.2) is 57.6 Å². The van der Waals surface area contributed by atoms with E-state index in [1.807, 2.05) is 19.1 Å². The minimum absolute atomic E-state index is 0.173. The fourth-order valence-electron chi connectivity index (χ4n) is 3.85. The molecule has 0 spiro atoms. The van der Waals surface area contributed by atoms with E-state index in [1.165, 1.54) is 6.92 Å². The SMILES string of the molecule is CC[C@](C)(N)C(=O)NC(C)(Cc1ccc(NC(C)=O)cc1)C(O)N1CCC[C@@H]1C(N)=O. The van der Waals surface area contributed by atoms with Crippen LogP contribution in [-0.2, 0) is 20.8 Å². The Morgan fingerprint density at radius 1 is 1.26 bits per heavy atom. The van der Waals surface area contributed by atoms with Gasteiger partial charge in [-0.15, -0.1) is 0 Å². The first-order valence-corrected chi connectivity index (χ1v) is 10.6. The van der Waals surface area contributed by atoms with E-state index in [-0.39, 0.29) is 18.2 Å². The first kappa shape index (κ1) is 24.8. The molecule has 1 heterocycles. The number of amides is 3. The standard InChI is InChI=1S/C22H35N5O4/c1-5-21(3,24)19(30)26-22(4,20(31)27-12-6-7-17(27)18(23)29)13-15-8-10-16(11-9-15)25-14(2)28/h8-11,17,20,31H,5-7,12-13,24H2,1-4H3,(H2,23,29)(H,25,28)(H,26,30)/t17-,20?,21+,22?/m1/s1. The van der Waals surface area contributed by atoms with Crippen LogP contribution in [0.2, 0.25) is 0 Å². The molecule has 1 saturated heterocycles. The summed E-state index contributed by atoms with van der Waals surface area (Å²) in [5, 5.41) is 17.0. The van der Waals surface area contributed by atoms with Crippen LogP contribution in [0.15, 0.2) is 24.3 Å². The van der Waals surface area contributed by atoms with Crippen LogP contribution in [0.3, 0.4) is 0 Å². The highest BCUT2D eigenvalue weighted by Crippen LogP contribution is 2.28. The largest absolute Gasteiger partial charge is 0.376 e. The molecule has 4 atom stereocenters. The lowest BCUT2D eigenvalue weighted by Crippen LogP contribution is -2.67. The number of hydrogen-bond donors (Lipinski definition) is 5. The molecular formula is C22H35N5O4. The number of nitrogens with zero attached hydrogens (tertiary/aromatic N) is 1. The second kappa shape index (κ2) is 9.76. The molecule has 1 aliphatic rings. The van der Waals surface area contributed by atoms with Crippen molar-refractivity contribution in [2.24, 2.45) is 11.5 Å². The number of benzene rings is 1. The highest BCUT2D eigenvalue weighted by atomic mass is 16.3. The number of carbonyl (C=O) groups excluding carboxylic acids is 3. The number of nitrogens with two attached hydrogens (primary N) is 2. The van der Waals surface area contributed by atoms with Crippen molar-refractivity contribution in [3.8, 4) is 0 Å². The normalized spacial score (nSPS) is 21.5. The van der Waals surface area contributed by atoms with Gasteiger partial charge in [0.05, 0.1) is 17.1 Å². The maximum absolute atomic E-state index is 12.9. The molecule has 2 unspecified atom stereocenters.